The van der Waals surface area contributed by atoms with Crippen LogP contribution < -0.4 is 0 Å². The minimum atomic E-state index is -0.230. The number of halogens is 1. The first kappa shape index (κ1) is 12.6. The molecule has 17 heavy (non-hydrogen) atoms. The Morgan fingerprint density at radius 3 is 2.53 bits per heavy atom. The molecule has 1 aliphatic rings. The minimum Gasteiger partial charge on any atom is -0.299 e. The van der Waals surface area contributed by atoms with Gasteiger partial charge in [-0.3, -0.25) is 4.79 Å². The molecule has 0 aromatic heterocycles. The number of benzene rings is 1. The summed E-state index contributed by atoms with van der Waals surface area (Å²) < 4.78 is 12.7. The average molecular weight is 252 g/mol. The van der Waals surface area contributed by atoms with E-state index in [1.165, 1.54) is 49.6 Å². The molecule has 0 radical (unpaired) electrons. The quantitative estimate of drug-likeness (QED) is 0.735. The van der Waals surface area contributed by atoms with E-state index in [9.17, 15) is 9.18 Å². The van der Waals surface area contributed by atoms with Gasteiger partial charge in [0.15, 0.2) is 0 Å². The summed E-state index contributed by atoms with van der Waals surface area (Å²) in [6.45, 7) is 0. The topological polar surface area (TPSA) is 17.1 Å². The van der Waals surface area contributed by atoms with Crippen LogP contribution in [0.1, 0.15) is 32.1 Å². The van der Waals surface area contributed by atoms with E-state index in [-0.39, 0.29) is 5.82 Å². The van der Waals surface area contributed by atoms with Crippen LogP contribution >= 0.6 is 11.8 Å². The number of hydrogen-bond donors (Lipinski definition) is 0. The molecule has 0 saturated heterocycles. The average Bonchev–Trinajstić information content (AvgIpc) is 2.81. The molecule has 0 heterocycles. The molecule has 0 unspecified atom stereocenters. The maximum absolute atomic E-state index is 12.7. The predicted molar refractivity (Wildman–Crippen MR) is 68.7 cm³/mol. The summed E-state index contributed by atoms with van der Waals surface area (Å²) in [4.78, 5) is 12.7. The second-order valence-electron chi connectivity index (χ2n) is 4.64. The minimum absolute atomic E-state index is 0.230. The highest BCUT2D eigenvalue weighted by atomic mass is 32.2. The summed E-state index contributed by atoms with van der Waals surface area (Å²) in [5.41, 5.74) is 0. The lowest BCUT2D eigenvalue weighted by molar-refractivity contribution is -0.117. The molecule has 0 bridgehead atoms. The van der Waals surface area contributed by atoms with Gasteiger partial charge in [0.25, 0.3) is 0 Å². The molecule has 2 rings (SSSR count). The molecule has 0 N–H and O–H groups in total. The van der Waals surface area contributed by atoms with Crippen LogP contribution in [0, 0.1) is 11.7 Å². The van der Waals surface area contributed by atoms with E-state index >= 15 is 0 Å². The van der Waals surface area contributed by atoms with E-state index in [4.69, 9.17) is 0 Å². The van der Waals surface area contributed by atoms with Crippen molar-refractivity contribution < 1.29 is 9.18 Å². The van der Waals surface area contributed by atoms with Crippen LogP contribution in [0.5, 0.6) is 0 Å². The van der Waals surface area contributed by atoms with Gasteiger partial charge < -0.3 is 0 Å². The summed E-state index contributed by atoms with van der Waals surface area (Å²) in [5, 5.41) is 0. The number of carbonyl (C=O) groups is 1. The first-order valence-electron chi connectivity index (χ1n) is 6.14. The third kappa shape index (κ3) is 4.15. The van der Waals surface area contributed by atoms with E-state index in [1.807, 2.05) is 0 Å². The van der Waals surface area contributed by atoms with Gasteiger partial charge in [0.05, 0.1) is 5.75 Å². The highest BCUT2D eigenvalue weighted by Crippen LogP contribution is 2.28. The van der Waals surface area contributed by atoms with Crippen molar-refractivity contribution in [1.82, 2.24) is 0 Å². The number of carbonyl (C=O) groups excluding carboxylic acids is 1. The van der Waals surface area contributed by atoms with Crippen LogP contribution in [0.15, 0.2) is 29.2 Å². The Kier molecular flexibility index (Phi) is 4.60. The smallest absolute Gasteiger partial charge is 0.143 e. The fraction of sp³-hybridized carbons (Fsp3) is 0.500. The highest BCUT2D eigenvalue weighted by molar-refractivity contribution is 8.00. The fourth-order valence-electron chi connectivity index (χ4n) is 2.29. The molecule has 92 valence electrons. The van der Waals surface area contributed by atoms with Crippen molar-refractivity contribution >= 4 is 17.5 Å². The standard InChI is InChI=1S/C14H17FOS/c15-12-5-7-14(8-6-12)17-10-13(16)9-11-3-1-2-4-11/h5-8,11H,1-4,9-10H2. The summed E-state index contributed by atoms with van der Waals surface area (Å²) >= 11 is 1.50. The molecule has 0 amide bonds. The molecular formula is C14H17FOS. The van der Waals surface area contributed by atoms with Crippen molar-refractivity contribution in [3.05, 3.63) is 30.1 Å². The lowest BCUT2D eigenvalue weighted by atomic mass is 10.0. The van der Waals surface area contributed by atoms with Gasteiger partial charge in [-0.15, -0.1) is 11.8 Å². The van der Waals surface area contributed by atoms with Crippen LogP contribution in [0.25, 0.3) is 0 Å². The fourth-order valence-corrected chi connectivity index (χ4v) is 3.06. The molecule has 1 nitrogen and oxygen atoms in total. The predicted octanol–water partition coefficient (Wildman–Crippen LogP) is 4.07. The number of rotatable bonds is 5. The molecule has 1 fully saturated rings. The highest BCUT2D eigenvalue weighted by Gasteiger charge is 2.18. The molecule has 1 saturated carbocycles. The molecule has 3 heteroatoms. The Labute approximate surface area is 106 Å². The molecule has 0 aliphatic heterocycles. The second-order valence-corrected chi connectivity index (χ2v) is 5.68. The monoisotopic (exact) mass is 252 g/mol. The van der Waals surface area contributed by atoms with Crippen LogP contribution in [-0.4, -0.2) is 11.5 Å². The van der Waals surface area contributed by atoms with E-state index < -0.39 is 0 Å². The number of hydrogen-bond acceptors (Lipinski definition) is 2. The van der Waals surface area contributed by atoms with Gasteiger partial charge in [0.1, 0.15) is 11.6 Å². The summed E-state index contributed by atoms with van der Waals surface area (Å²) in [5.74, 6) is 1.23. The largest absolute Gasteiger partial charge is 0.299 e. The zero-order valence-electron chi connectivity index (χ0n) is 9.82. The molecule has 1 aromatic rings. The first-order chi connectivity index (χ1) is 8.24. The zero-order chi connectivity index (χ0) is 12.1. The third-order valence-corrected chi connectivity index (χ3v) is 4.28. The van der Waals surface area contributed by atoms with E-state index in [1.54, 1.807) is 12.1 Å². The normalized spacial score (nSPS) is 16.3. The molecule has 0 spiro atoms. The van der Waals surface area contributed by atoms with Crippen molar-refractivity contribution in [2.75, 3.05) is 5.75 Å². The SMILES string of the molecule is O=C(CSc1ccc(F)cc1)CC1CCCC1. The Bertz CT molecular complexity index is 368. The molecule has 0 atom stereocenters. The van der Waals surface area contributed by atoms with Crippen molar-refractivity contribution in [2.24, 2.45) is 5.92 Å². The van der Waals surface area contributed by atoms with Gasteiger partial charge in [-0.25, -0.2) is 4.39 Å². The third-order valence-electron chi connectivity index (χ3n) is 3.20. The Morgan fingerprint density at radius 2 is 1.88 bits per heavy atom. The summed E-state index contributed by atoms with van der Waals surface area (Å²) in [6, 6.07) is 6.32. The van der Waals surface area contributed by atoms with Crippen molar-refractivity contribution in [1.29, 1.82) is 0 Å². The second kappa shape index (κ2) is 6.20. The van der Waals surface area contributed by atoms with Crippen LogP contribution in [-0.2, 0) is 4.79 Å². The van der Waals surface area contributed by atoms with Crippen molar-refractivity contribution in [3.63, 3.8) is 0 Å². The van der Waals surface area contributed by atoms with Crippen LogP contribution in [0.4, 0.5) is 4.39 Å². The summed E-state index contributed by atoms with van der Waals surface area (Å²) in [7, 11) is 0. The lowest BCUT2D eigenvalue weighted by Gasteiger charge is -2.07. The van der Waals surface area contributed by atoms with E-state index in [0.29, 0.717) is 17.5 Å². The number of thioether (sulfide) groups is 1. The van der Waals surface area contributed by atoms with Gasteiger partial charge in [0, 0.05) is 11.3 Å². The lowest BCUT2D eigenvalue weighted by Crippen LogP contribution is -2.07. The van der Waals surface area contributed by atoms with E-state index in [0.717, 1.165) is 11.3 Å². The van der Waals surface area contributed by atoms with Gasteiger partial charge in [-0.2, -0.15) is 0 Å². The van der Waals surface area contributed by atoms with Crippen LogP contribution in [0.3, 0.4) is 0 Å². The Balaban J connectivity index is 1.73. The molecular weight excluding hydrogens is 235 g/mol. The number of ketones is 1. The molecule has 1 aliphatic carbocycles. The zero-order valence-corrected chi connectivity index (χ0v) is 10.6. The molecule has 1 aromatic carbocycles. The van der Waals surface area contributed by atoms with Gasteiger partial charge in [-0.05, 0) is 30.2 Å². The Morgan fingerprint density at radius 1 is 1.24 bits per heavy atom. The van der Waals surface area contributed by atoms with Crippen LogP contribution in [0.2, 0.25) is 0 Å². The van der Waals surface area contributed by atoms with Crippen molar-refractivity contribution in [3.8, 4) is 0 Å². The maximum Gasteiger partial charge on any atom is 0.143 e. The van der Waals surface area contributed by atoms with Gasteiger partial charge in [0.2, 0.25) is 0 Å². The van der Waals surface area contributed by atoms with Gasteiger partial charge in [-0.1, -0.05) is 25.7 Å². The van der Waals surface area contributed by atoms with Gasteiger partial charge >= 0.3 is 0 Å². The number of Topliss-reactive ketones (excluding diaryl/α,β-unsaturated/α-hetero) is 1. The Hall–Kier alpha value is -0.830. The first-order valence-corrected chi connectivity index (χ1v) is 7.12. The summed E-state index contributed by atoms with van der Waals surface area (Å²) in [6.07, 6.45) is 5.72. The van der Waals surface area contributed by atoms with Crippen molar-refractivity contribution in [2.45, 2.75) is 37.0 Å². The maximum atomic E-state index is 12.7. The van der Waals surface area contributed by atoms with E-state index in [2.05, 4.69) is 0 Å².